The maximum Gasteiger partial charge on any atom is 0.490 e. The normalized spacial score (nSPS) is 25.5. The zero-order valence-electron chi connectivity index (χ0n) is 15.9. The molecule has 6 N–H and O–H groups in total. The third kappa shape index (κ3) is 9.31. The minimum absolute atomic E-state index is 0.0538. The number of rotatable bonds is 11. The standard InChI is InChI=1S/C10H16IN6O13P3/c11-9(15-16-13)28-5-3-8(17-2-1-7(12)14-10(17)18)27-6(5)4-26-32(22,23)30-33(24,25)29-31(19,20)21/h1-2,5-6,8-9H,3-4H2,(H,22,23)(H,24,25)(H2,12,14,18)(H2,19,20,21)/t5?,6-,8-,9-/m1/s1. The van der Waals surface area contributed by atoms with Crippen LogP contribution in [0.25, 0.3) is 10.4 Å². The number of ether oxygens (including phenoxy) is 2. The molecule has 1 aromatic rings. The van der Waals surface area contributed by atoms with Crippen molar-refractivity contribution in [2.24, 2.45) is 5.11 Å². The molecule has 0 bridgehead atoms. The molecule has 0 aliphatic carbocycles. The second kappa shape index (κ2) is 11.2. The van der Waals surface area contributed by atoms with Gasteiger partial charge in [-0.1, -0.05) is 5.11 Å². The van der Waals surface area contributed by atoms with Gasteiger partial charge in [-0.3, -0.25) is 9.09 Å². The van der Waals surface area contributed by atoms with Crippen LogP contribution in [0.5, 0.6) is 0 Å². The zero-order valence-corrected chi connectivity index (χ0v) is 20.7. The number of halogens is 1. The molecular weight excluding hydrogens is 632 g/mol. The molecule has 1 aliphatic heterocycles. The second-order valence-corrected chi connectivity index (χ2v) is 11.5. The van der Waals surface area contributed by atoms with Crippen LogP contribution in [0.3, 0.4) is 0 Å². The van der Waals surface area contributed by atoms with Crippen molar-refractivity contribution in [3.05, 3.63) is 33.2 Å². The number of hydrogen-bond donors (Lipinski definition) is 5. The first kappa shape index (κ1) is 28.3. The predicted molar refractivity (Wildman–Crippen MR) is 113 cm³/mol. The number of phosphoric ester groups is 1. The molecular formula is C10H16IN6O13P3. The second-order valence-electron chi connectivity index (χ2n) is 5.97. The number of anilines is 1. The summed E-state index contributed by atoms with van der Waals surface area (Å²) in [6.45, 7) is -0.846. The Bertz CT molecular complexity index is 1110. The van der Waals surface area contributed by atoms with E-state index in [1.165, 1.54) is 12.3 Å². The highest BCUT2D eigenvalue weighted by Gasteiger charge is 2.44. The van der Waals surface area contributed by atoms with E-state index in [1.54, 1.807) is 22.6 Å². The van der Waals surface area contributed by atoms with Gasteiger partial charge in [0.25, 0.3) is 0 Å². The van der Waals surface area contributed by atoms with E-state index in [2.05, 4.69) is 28.2 Å². The van der Waals surface area contributed by atoms with E-state index in [4.69, 9.17) is 30.5 Å². The molecule has 0 radical (unpaired) electrons. The molecule has 1 aromatic heterocycles. The van der Waals surface area contributed by atoms with Gasteiger partial charge in [-0.15, -0.1) is 0 Å². The summed E-state index contributed by atoms with van der Waals surface area (Å²) < 4.78 is 56.9. The van der Waals surface area contributed by atoms with Gasteiger partial charge in [-0.25, -0.2) is 18.5 Å². The van der Waals surface area contributed by atoms with Gasteiger partial charge >= 0.3 is 29.2 Å². The predicted octanol–water partition coefficient (Wildman–Crippen LogP) is 0.870. The summed E-state index contributed by atoms with van der Waals surface area (Å²) in [7, 11) is -16.7. The summed E-state index contributed by atoms with van der Waals surface area (Å²) in [5.74, 6) is -0.0538. The van der Waals surface area contributed by atoms with Crippen molar-refractivity contribution in [3.8, 4) is 0 Å². The number of hydrogen-bond acceptors (Lipinski definition) is 12. The molecule has 3 unspecified atom stereocenters. The lowest BCUT2D eigenvalue weighted by Gasteiger charge is -2.21. The highest BCUT2D eigenvalue weighted by molar-refractivity contribution is 14.1. The summed E-state index contributed by atoms with van der Waals surface area (Å²) in [6.07, 6.45) is -2.04. The smallest absolute Gasteiger partial charge is 0.383 e. The van der Waals surface area contributed by atoms with Crippen molar-refractivity contribution in [3.63, 3.8) is 0 Å². The highest BCUT2D eigenvalue weighted by Crippen LogP contribution is 2.66. The Hall–Kier alpha value is -0.950. The zero-order chi connectivity index (χ0) is 25.0. The monoisotopic (exact) mass is 648 g/mol. The van der Waals surface area contributed by atoms with E-state index in [9.17, 15) is 28.3 Å². The van der Waals surface area contributed by atoms with E-state index in [1.807, 2.05) is 0 Å². The molecule has 0 spiro atoms. The third-order valence-corrected chi connectivity index (χ3v) is 7.93. The first-order valence-electron chi connectivity index (χ1n) is 8.23. The van der Waals surface area contributed by atoms with Crippen molar-refractivity contribution >= 4 is 51.9 Å². The van der Waals surface area contributed by atoms with Gasteiger partial charge < -0.3 is 34.8 Å². The van der Waals surface area contributed by atoms with Crippen LogP contribution in [0.15, 0.2) is 22.2 Å². The molecule has 33 heavy (non-hydrogen) atoms. The van der Waals surface area contributed by atoms with Crippen LogP contribution >= 0.6 is 46.1 Å². The van der Waals surface area contributed by atoms with E-state index < -0.39 is 58.4 Å². The third-order valence-electron chi connectivity index (χ3n) is 3.59. The van der Waals surface area contributed by atoms with Crippen molar-refractivity contribution in [1.82, 2.24) is 9.55 Å². The van der Waals surface area contributed by atoms with Gasteiger partial charge in [-0.05, 0) is 34.2 Å². The Morgan fingerprint density at radius 1 is 1.33 bits per heavy atom. The molecule has 23 heteroatoms. The largest absolute Gasteiger partial charge is 0.490 e. The molecule has 186 valence electrons. The highest BCUT2D eigenvalue weighted by atomic mass is 127. The Kier molecular flexibility index (Phi) is 9.59. The van der Waals surface area contributed by atoms with Crippen LogP contribution < -0.4 is 11.4 Å². The summed E-state index contributed by atoms with van der Waals surface area (Å²) in [6, 6.07) is 1.31. The molecule has 19 nitrogen and oxygen atoms in total. The maximum atomic E-state index is 12.1. The number of phosphoric acid groups is 3. The van der Waals surface area contributed by atoms with Gasteiger partial charge in [0.2, 0.25) is 0 Å². The number of azide groups is 1. The minimum atomic E-state index is -5.71. The Labute approximate surface area is 197 Å². The first-order chi connectivity index (χ1) is 15.1. The minimum Gasteiger partial charge on any atom is -0.383 e. The molecule has 0 amide bonds. The van der Waals surface area contributed by atoms with Crippen LogP contribution in [0, 0.1) is 0 Å². The molecule has 1 saturated heterocycles. The first-order valence-corrected chi connectivity index (χ1v) is 14.0. The lowest BCUT2D eigenvalue weighted by atomic mass is 10.2. The number of aromatic nitrogens is 2. The molecule has 1 aliphatic rings. The number of alkyl halides is 1. The molecule has 0 saturated carbocycles. The lowest BCUT2D eigenvalue weighted by Crippen LogP contribution is -2.30. The number of nitrogens with two attached hydrogens (primary N) is 1. The van der Waals surface area contributed by atoms with E-state index in [0.29, 0.717) is 0 Å². The Morgan fingerprint density at radius 2 is 2.00 bits per heavy atom. The van der Waals surface area contributed by atoms with E-state index in [0.717, 1.165) is 4.57 Å². The molecule has 1 fully saturated rings. The van der Waals surface area contributed by atoms with Gasteiger partial charge in [0.05, 0.1) is 12.7 Å². The van der Waals surface area contributed by atoms with Crippen molar-refractivity contribution < 1.29 is 55.9 Å². The summed E-state index contributed by atoms with van der Waals surface area (Å²) in [4.78, 5) is 54.1. The topological polar surface area (TPSA) is 288 Å². The fourth-order valence-electron chi connectivity index (χ4n) is 2.49. The van der Waals surface area contributed by atoms with Crippen molar-refractivity contribution in [2.75, 3.05) is 12.3 Å². The Morgan fingerprint density at radius 3 is 2.58 bits per heavy atom. The van der Waals surface area contributed by atoms with Gasteiger partial charge in [0, 0.05) is 17.5 Å². The van der Waals surface area contributed by atoms with Crippen LogP contribution in [0.1, 0.15) is 12.6 Å². The average Bonchev–Trinajstić information content (AvgIpc) is 2.99. The quantitative estimate of drug-likeness (QED) is 0.0423. The summed E-state index contributed by atoms with van der Waals surface area (Å²) in [5, 5.41) is 3.30. The van der Waals surface area contributed by atoms with Crippen LogP contribution in [0.2, 0.25) is 0 Å². The average molecular weight is 648 g/mol. The van der Waals surface area contributed by atoms with Gasteiger partial charge in [0.15, 0.2) is 4.23 Å². The number of nitrogens with zero attached hydrogens (tertiary/aromatic N) is 5. The van der Waals surface area contributed by atoms with Crippen LogP contribution in [-0.2, 0) is 36.3 Å². The van der Waals surface area contributed by atoms with Crippen LogP contribution in [-0.4, -0.2) is 52.2 Å². The number of nitrogen functional groups attached to an aromatic ring is 1. The molecule has 0 aromatic carbocycles. The van der Waals surface area contributed by atoms with E-state index >= 15 is 0 Å². The van der Waals surface area contributed by atoms with E-state index in [-0.39, 0.29) is 12.2 Å². The Balaban J connectivity index is 2.15. The van der Waals surface area contributed by atoms with Crippen LogP contribution in [0.4, 0.5) is 5.82 Å². The van der Waals surface area contributed by atoms with Gasteiger partial charge in [0.1, 0.15) is 18.1 Å². The van der Waals surface area contributed by atoms with Gasteiger partial charge in [-0.2, -0.15) is 13.6 Å². The fraction of sp³-hybridized carbons (Fsp3) is 0.600. The molecule has 6 atom stereocenters. The van der Waals surface area contributed by atoms with Crippen molar-refractivity contribution in [2.45, 2.75) is 29.1 Å². The summed E-state index contributed by atoms with van der Waals surface area (Å²) >= 11 is 1.62. The maximum absolute atomic E-state index is 12.1. The fourth-order valence-corrected chi connectivity index (χ4v) is 6.01. The summed E-state index contributed by atoms with van der Waals surface area (Å²) in [5.41, 5.74) is 13.2. The molecule has 2 heterocycles. The lowest BCUT2D eigenvalue weighted by molar-refractivity contribution is -0.0626. The SMILES string of the molecule is [N-]=[N+]=N[C@@H](I)OC1C[C@H](n2ccc(N)nc2=O)O[C@@H]1COP(=O)(O)OP(=O)(O)OP(=O)(O)O. The van der Waals surface area contributed by atoms with Crippen molar-refractivity contribution in [1.29, 1.82) is 0 Å². The molecule has 2 rings (SSSR count).